The molecule has 5 heteroatoms. The second-order valence-electron chi connectivity index (χ2n) is 6.61. The van der Waals surface area contributed by atoms with E-state index in [9.17, 15) is 10.1 Å². The van der Waals surface area contributed by atoms with Crippen LogP contribution in [-0.4, -0.2) is 22.0 Å². The van der Waals surface area contributed by atoms with Gasteiger partial charge >= 0.3 is 0 Å². The summed E-state index contributed by atoms with van der Waals surface area (Å²) in [6, 6.07) is 12.1. The van der Waals surface area contributed by atoms with Gasteiger partial charge in [-0.05, 0) is 56.5 Å². The van der Waals surface area contributed by atoms with Gasteiger partial charge in [-0.15, -0.1) is 0 Å². The zero-order valence-electron chi connectivity index (χ0n) is 16.0. The number of hydrogen-bond donors (Lipinski definition) is 2. The SMILES string of the molecule is CCn1c(C)cc(C=C(C#N)C(=O)NCCc2c[nH]c3ccccc23)c1C. The molecule has 0 fully saturated rings. The van der Waals surface area contributed by atoms with Gasteiger partial charge in [0.15, 0.2) is 0 Å². The standard InChI is InChI=1S/C22H24N4O/c1-4-26-15(2)11-18(16(26)3)12-19(13-23)22(27)24-10-9-17-14-25-21-8-6-5-7-20(17)21/h5-8,11-12,14,25H,4,9-10H2,1-3H3,(H,24,27). The first-order chi connectivity index (χ1) is 13.0. The van der Waals surface area contributed by atoms with Gasteiger partial charge in [-0.1, -0.05) is 18.2 Å². The van der Waals surface area contributed by atoms with Crippen molar-refractivity contribution in [2.24, 2.45) is 0 Å². The number of benzene rings is 1. The van der Waals surface area contributed by atoms with E-state index in [1.165, 1.54) is 0 Å². The number of carbonyl (C=O) groups is 1. The van der Waals surface area contributed by atoms with Crippen molar-refractivity contribution < 1.29 is 4.79 Å². The minimum atomic E-state index is -0.335. The number of hydrogen-bond acceptors (Lipinski definition) is 2. The summed E-state index contributed by atoms with van der Waals surface area (Å²) >= 11 is 0. The summed E-state index contributed by atoms with van der Waals surface area (Å²) in [6.07, 6.45) is 4.35. The molecule has 0 aliphatic rings. The quantitative estimate of drug-likeness (QED) is 0.517. The Morgan fingerprint density at radius 1 is 1.33 bits per heavy atom. The van der Waals surface area contributed by atoms with Crippen LogP contribution in [0, 0.1) is 25.2 Å². The Balaban J connectivity index is 1.68. The van der Waals surface area contributed by atoms with Crippen LogP contribution in [0.2, 0.25) is 0 Å². The molecule has 3 rings (SSSR count). The number of H-pyrrole nitrogens is 1. The van der Waals surface area contributed by atoms with Gasteiger partial charge in [-0.25, -0.2) is 0 Å². The predicted molar refractivity (Wildman–Crippen MR) is 108 cm³/mol. The molecule has 27 heavy (non-hydrogen) atoms. The molecular formula is C22H24N4O. The number of aromatic amines is 1. The molecule has 2 aromatic heterocycles. The van der Waals surface area contributed by atoms with E-state index < -0.39 is 0 Å². The van der Waals surface area contributed by atoms with Crippen molar-refractivity contribution in [3.8, 4) is 6.07 Å². The molecule has 1 amide bonds. The van der Waals surface area contributed by atoms with E-state index in [0.717, 1.165) is 40.0 Å². The highest BCUT2D eigenvalue weighted by molar-refractivity contribution is 6.01. The van der Waals surface area contributed by atoms with E-state index in [-0.39, 0.29) is 11.5 Å². The molecule has 0 unspecified atom stereocenters. The number of amides is 1. The van der Waals surface area contributed by atoms with Crippen LogP contribution in [0.25, 0.3) is 17.0 Å². The first-order valence-corrected chi connectivity index (χ1v) is 9.16. The molecular weight excluding hydrogens is 336 g/mol. The smallest absolute Gasteiger partial charge is 0.261 e. The highest BCUT2D eigenvalue weighted by Crippen LogP contribution is 2.19. The third-order valence-electron chi connectivity index (χ3n) is 4.95. The summed E-state index contributed by atoms with van der Waals surface area (Å²) in [7, 11) is 0. The Kier molecular flexibility index (Phi) is 5.46. The van der Waals surface area contributed by atoms with Crippen molar-refractivity contribution >= 4 is 22.9 Å². The van der Waals surface area contributed by atoms with Gasteiger partial charge in [-0.2, -0.15) is 5.26 Å². The van der Waals surface area contributed by atoms with Gasteiger partial charge < -0.3 is 14.9 Å². The zero-order valence-corrected chi connectivity index (χ0v) is 16.0. The number of aryl methyl sites for hydroxylation is 1. The maximum atomic E-state index is 12.4. The summed E-state index contributed by atoms with van der Waals surface area (Å²) in [5.41, 5.74) is 5.47. The van der Waals surface area contributed by atoms with Crippen molar-refractivity contribution in [1.82, 2.24) is 14.9 Å². The molecule has 1 aromatic carbocycles. The fourth-order valence-corrected chi connectivity index (χ4v) is 3.51. The van der Waals surface area contributed by atoms with Gasteiger partial charge in [0.2, 0.25) is 0 Å². The number of aromatic nitrogens is 2. The van der Waals surface area contributed by atoms with Crippen molar-refractivity contribution in [3.05, 3.63) is 64.6 Å². The van der Waals surface area contributed by atoms with Crippen LogP contribution in [0.15, 0.2) is 42.1 Å². The third-order valence-corrected chi connectivity index (χ3v) is 4.95. The molecule has 0 atom stereocenters. The lowest BCUT2D eigenvalue weighted by Crippen LogP contribution is -2.26. The molecule has 0 bridgehead atoms. The molecule has 2 N–H and O–H groups in total. The molecule has 0 radical (unpaired) electrons. The fourth-order valence-electron chi connectivity index (χ4n) is 3.51. The van der Waals surface area contributed by atoms with Crippen LogP contribution >= 0.6 is 0 Å². The lowest BCUT2D eigenvalue weighted by molar-refractivity contribution is -0.117. The first-order valence-electron chi connectivity index (χ1n) is 9.16. The van der Waals surface area contributed by atoms with E-state index >= 15 is 0 Å². The Labute approximate surface area is 159 Å². The van der Waals surface area contributed by atoms with E-state index in [0.29, 0.717) is 13.0 Å². The van der Waals surface area contributed by atoms with Crippen molar-refractivity contribution in [2.75, 3.05) is 6.54 Å². The number of rotatable bonds is 6. The number of para-hydroxylation sites is 1. The monoisotopic (exact) mass is 360 g/mol. The summed E-state index contributed by atoms with van der Waals surface area (Å²) in [5, 5.41) is 13.4. The lowest BCUT2D eigenvalue weighted by atomic mass is 10.1. The number of nitrogens with one attached hydrogen (secondary N) is 2. The highest BCUT2D eigenvalue weighted by atomic mass is 16.1. The minimum Gasteiger partial charge on any atom is -0.361 e. The summed E-state index contributed by atoms with van der Waals surface area (Å²) in [5.74, 6) is -0.335. The lowest BCUT2D eigenvalue weighted by Gasteiger charge is -2.05. The molecule has 2 heterocycles. The molecule has 5 nitrogen and oxygen atoms in total. The fraction of sp³-hybridized carbons (Fsp3) is 0.273. The van der Waals surface area contributed by atoms with Gasteiger partial charge in [0.1, 0.15) is 11.6 Å². The van der Waals surface area contributed by atoms with Gasteiger partial charge in [0.05, 0.1) is 0 Å². The maximum absolute atomic E-state index is 12.4. The van der Waals surface area contributed by atoms with Crippen LogP contribution in [0.5, 0.6) is 0 Å². The van der Waals surface area contributed by atoms with E-state index in [2.05, 4.69) is 27.9 Å². The average molecular weight is 360 g/mol. The van der Waals surface area contributed by atoms with Crippen LogP contribution in [-0.2, 0) is 17.8 Å². The molecule has 0 spiro atoms. The minimum absolute atomic E-state index is 0.130. The van der Waals surface area contributed by atoms with Crippen LogP contribution in [0.4, 0.5) is 0 Å². The zero-order chi connectivity index (χ0) is 19.4. The van der Waals surface area contributed by atoms with Crippen molar-refractivity contribution in [2.45, 2.75) is 33.7 Å². The number of carbonyl (C=O) groups excluding carboxylic acids is 1. The number of fused-ring (bicyclic) bond motifs is 1. The molecule has 0 saturated carbocycles. The Bertz CT molecular complexity index is 1050. The van der Waals surface area contributed by atoms with Gasteiger partial charge in [-0.3, -0.25) is 4.79 Å². The summed E-state index contributed by atoms with van der Waals surface area (Å²) in [4.78, 5) is 15.7. The van der Waals surface area contributed by atoms with Crippen molar-refractivity contribution in [3.63, 3.8) is 0 Å². The first kappa shape index (κ1) is 18.5. The second kappa shape index (κ2) is 7.96. The van der Waals surface area contributed by atoms with E-state index in [4.69, 9.17) is 0 Å². The van der Waals surface area contributed by atoms with E-state index in [1.54, 1.807) is 6.08 Å². The average Bonchev–Trinajstić information content (AvgIpc) is 3.20. The molecule has 0 saturated heterocycles. The summed E-state index contributed by atoms with van der Waals surface area (Å²) in [6.45, 7) is 7.46. The van der Waals surface area contributed by atoms with Crippen LogP contribution < -0.4 is 5.32 Å². The van der Waals surface area contributed by atoms with Gasteiger partial charge in [0, 0.05) is 41.6 Å². The third kappa shape index (κ3) is 3.80. The Morgan fingerprint density at radius 2 is 2.11 bits per heavy atom. The normalized spacial score (nSPS) is 11.6. The van der Waals surface area contributed by atoms with Crippen LogP contribution in [0.1, 0.15) is 29.4 Å². The predicted octanol–water partition coefficient (Wildman–Crippen LogP) is 3.87. The maximum Gasteiger partial charge on any atom is 0.261 e. The number of nitriles is 1. The molecule has 138 valence electrons. The summed E-state index contributed by atoms with van der Waals surface area (Å²) < 4.78 is 2.16. The number of nitrogens with zero attached hydrogens (tertiary/aromatic N) is 2. The topological polar surface area (TPSA) is 73.6 Å². The Morgan fingerprint density at radius 3 is 2.81 bits per heavy atom. The Hall–Kier alpha value is -3.26. The van der Waals surface area contributed by atoms with E-state index in [1.807, 2.05) is 50.4 Å². The molecule has 3 aromatic rings. The van der Waals surface area contributed by atoms with Crippen LogP contribution in [0.3, 0.4) is 0 Å². The highest BCUT2D eigenvalue weighted by Gasteiger charge is 2.12. The molecule has 0 aliphatic carbocycles. The second-order valence-corrected chi connectivity index (χ2v) is 6.61. The van der Waals surface area contributed by atoms with Gasteiger partial charge in [0.25, 0.3) is 5.91 Å². The largest absolute Gasteiger partial charge is 0.361 e. The molecule has 0 aliphatic heterocycles. The van der Waals surface area contributed by atoms with Crippen molar-refractivity contribution in [1.29, 1.82) is 5.26 Å².